The van der Waals surface area contributed by atoms with Crippen LogP contribution in [0.4, 0.5) is 8.78 Å². The molecule has 0 spiro atoms. The van der Waals surface area contributed by atoms with Crippen LogP contribution < -0.4 is 14.8 Å². The quantitative estimate of drug-likeness (QED) is 0.696. The zero-order valence-electron chi connectivity index (χ0n) is 15.7. The average Bonchev–Trinajstić information content (AvgIpc) is 2.67. The second-order valence-electron chi connectivity index (χ2n) is 6.00. The lowest BCUT2D eigenvalue weighted by Gasteiger charge is -2.15. The van der Waals surface area contributed by atoms with Crippen molar-refractivity contribution < 1.29 is 32.6 Å². The van der Waals surface area contributed by atoms with Gasteiger partial charge in [0.2, 0.25) is 0 Å². The maximum atomic E-state index is 12.4. The van der Waals surface area contributed by atoms with E-state index in [1.54, 1.807) is 0 Å². The van der Waals surface area contributed by atoms with Crippen molar-refractivity contribution in [2.24, 2.45) is 0 Å². The normalized spacial score (nSPS) is 11.6. The first-order valence-electron chi connectivity index (χ1n) is 8.47. The summed E-state index contributed by atoms with van der Waals surface area (Å²) in [6.45, 7) is 0.678. The highest BCUT2D eigenvalue weighted by Crippen LogP contribution is 2.29. The van der Waals surface area contributed by atoms with Crippen molar-refractivity contribution in [3.8, 4) is 11.5 Å². The molecule has 0 saturated heterocycles. The molecule has 0 bridgehead atoms. The average molecular weight is 393 g/mol. The highest BCUT2D eigenvalue weighted by atomic mass is 19.3. The summed E-state index contributed by atoms with van der Waals surface area (Å²) in [5.41, 5.74) is 2.06. The third-order valence-electron chi connectivity index (χ3n) is 3.86. The molecule has 8 heteroatoms. The number of hydrogen-bond acceptors (Lipinski definition) is 5. The van der Waals surface area contributed by atoms with Crippen LogP contribution in [-0.4, -0.2) is 31.7 Å². The van der Waals surface area contributed by atoms with Crippen LogP contribution in [0.1, 0.15) is 28.4 Å². The number of benzene rings is 2. The van der Waals surface area contributed by atoms with Crippen molar-refractivity contribution in [3.05, 3.63) is 59.2 Å². The summed E-state index contributed by atoms with van der Waals surface area (Å²) in [5.74, 6) is -1.51. The van der Waals surface area contributed by atoms with Gasteiger partial charge >= 0.3 is 12.6 Å². The predicted molar refractivity (Wildman–Crippen MR) is 97.5 cm³/mol. The standard InChI is InChI=1S/C20H21F2NO5/c1-12-4-6-14(7-5-12)11-23-18(24)13(2)27-19(25)15-8-9-16(28-20(21)22)17(10-15)26-3/h4-10,13,20H,11H2,1-3H3,(H,23,24)/t13-/m1/s1. The first-order chi connectivity index (χ1) is 13.3. The van der Waals surface area contributed by atoms with E-state index >= 15 is 0 Å². The summed E-state index contributed by atoms with van der Waals surface area (Å²) in [4.78, 5) is 24.4. The van der Waals surface area contributed by atoms with E-state index in [0.717, 1.165) is 11.1 Å². The van der Waals surface area contributed by atoms with Gasteiger partial charge in [-0.3, -0.25) is 4.79 Å². The third-order valence-corrected chi connectivity index (χ3v) is 3.86. The summed E-state index contributed by atoms with van der Waals surface area (Å²) in [6.07, 6.45) is -1.04. The van der Waals surface area contributed by atoms with E-state index in [9.17, 15) is 18.4 Å². The maximum Gasteiger partial charge on any atom is 0.387 e. The molecule has 0 saturated carbocycles. The third kappa shape index (κ3) is 5.94. The molecule has 0 aliphatic rings. The molecule has 1 atom stereocenters. The molecule has 0 unspecified atom stereocenters. The fraction of sp³-hybridized carbons (Fsp3) is 0.300. The van der Waals surface area contributed by atoms with E-state index in [1.165, 1.54) is 32.2 Å². The van der Waals surface area contributed by atoms with E-state index in [-0.39, 0.29) is 17.1 Å². The van der Waals surface area contributed by atoms with Crippen molar-refractivity contribution >= 4 is 11.9 Å². The van der Waals surface area contributed by atoms with E-state index < -0.39 is 24.6 Å². The van der Waals surface area contributed by atoms with E-state index in [4.69, 9.17) is 9.47 Å². The summed E-state index contributed by atoms with van der Waals surface area (Å²) in [7, 11) is 1.25. The highest BCUT2D eigenvalue weighted by molar-refractivity contribution is 5.92. The van der Waals surface area contributed by atoms with Gasteiger partial charge < -0.3 is 19.5 Å². The minimum Gasteiger partial charge on any atom is -0.493 e. The molecule has 28 heavy (non-hydrogen) atoms. The van der Waals surface area contributed by atoms with Crippen LogP contribution in [0.3, 0.4) is 0 Å². The Morgan fingerprint density at radius 3 is 2.36 bits per heavy atom. The number of aryl methyl sites for hydroxylation is 1. The highest BCUT2D eigenvalue weighted by Gasteiger charge is 2.20. The van der Waals surface area contributed by atoms with Crippen molar-refractivity contribution in [1.82, 2.24) is 5.32 Å². The Balaban J connectivity index is 1.95. The van der Waals surface area contributed by atoms with Crippen LogP contribution in [0.5, 0.6) is 11.5 Å². The van der Waals surface area contributed by atoms with E-state index in [0.29, 0.717) is 6.54 Å². The Labute approximate surface area is 161 Å². The van der Waals surface area contributed by atoms with Gasteiger partial charge in [0, 0.05) is 6.54 Å². The summed E-state index contributed by atoms with van der Waals surface area (Å²) >= 11 is 0. The number of nitrogens with one attached hydrogen (secondary N) is 1. The number of halogens is 2. The lowest BCUT2D eigenvalue weighted by molar-refractivity contribution is -0.129. The summed E-state index contributed by atoms with van der Waals surface area (Å²) in [6, 6.07) is 11.3. The summed E-state index contributed by atoms with van der Waals surface area (Å²) in [5, 5.41) is 2.68. The Hall–Kier alpha value is -3.16. The molecule has 0 heterocycles. The van der Waals surface area contributed by atoms with E-state index in [2.05, 4.69) is 10.1 Å². The van der Waals surface area contributed by atoms with Crippen LogP contribution in [0.25, 0.3) is 0 Å². The number of alkyl halides is 2. The fourth-order valence-electron chi connectivity index (χ4n) is 2.31. The minimum atomic E-state index is -3.02. The van der Waals surface area contributed by atoms with Gasteiger partial charge in [0.1, 0.15) is 0 Å². The summed E-state index contributed by atoms with van der Waals surface area (Å²) < 4.78 is 39.1. The molecular weight excluding hydrogens is 372 g/mol. The van der Waals surface area contributed by atoms with Gasteiger partial charge in [-0.2, -0.15) is 8.78 Å². The number of carbonyl (C=O) groups is 2. The second kappa shape index (κ2) is 9.68. The molecule has 6 nitrogen and oxygen atoms in total. The number of methoxy groups -OCH3 is 1. The van der Waals surface area contributed by atoms with Gasteiger partial charge in [-0.15, -0.1) is 0 Å². The minimum absolute atomic E-state index is 0.0386. The number of carbonyl (C=O) groups excluding carboxylic acids is 2. The van der Waals surface area contributed by atoms with Crippen molar-refractivity contribution in [2.75, 3.05) is 7.11 Å². The predicted octanol–water partition coefficient (Wildman–Crippen LogP) is 3.47. The van der Waals surface area contributed by atoms with Gasteiger partial charge in [-0.25, -0.2) is 4.79 Å². The largest absolute Gasteiger partial charge is 0.493 e. The molecule has 2 aromatic rings. The smallest absolute Gasteiger partial charge is 0.387 e. The van der Waals surface area contributed by atoms with Crippen molar-refractivity contribution in [3.63, 3.8) is 0 Å². The number of ether oxygens (including phenoxy) is 3. The van der Waals surface area contributed by atoms with E-state index in [1.807, 2.05) is 31.2 Å². The SMILES string of the molecule is COc1cc(C(=O)O[C@H](C)C(=O)NCc2ccc(C)cc2)ccc1OC(F)F. The number of esters is 1. The molecule has 2 aromatic carbocycles. The van der Waals surface area contributed by atoms with Crippen molar-refractivity contribution in [1.29, 1.82) is 0 Å². The van der Waals surface area contributed by atoms with Gasteiger partial charge in [-0.05, 0) is 37.6 Å². The number of hydrogen-bond donors (Lipinski definition) is 1. The molecule has 0 aromatic heterocycles. The lowest BCUT2D eigenvalue weighted by Crippen LogP contribution is -2.35. The van der Waals surface area contributed by atoms with Crippen molar-refractivity contribution in [2.45, 2.75) is 33.1 Å². The topological polar surface area (TPSA) is 73.9 Å². The maximum absolute atomic E-state index is 12.4. The fourth-order valence-corrected chi connectivity index (χ4v) is 2.31. The second-order valence-corrected chi connectivity index (χ2v) is 6.00. The molecule has 1 amide bonds. The first kappa shape index (κ1) is 21.1. The number of amides is 1. The Kier molecular flexibility index (Phi) is 7.31. The molecule has 0 fully saturated rings. The Bertz CT molecular complexity index is 824. The first-order valence-corrected chi connectivity index (χ1v) is 8.47. The van der Waals surface area contributed by atoms with Gasteiger partial charge in [0.25, 0.3) is 5.91 Å². The number of rotatable bonds is 8. The molecule has 150 valence electrons. The zero-order chi connectivity index (χ0) is 20.7. The lowest BCUT2D eigenvalue weighted by atomic mass is 10.1. The van der Waals surface area contributed by atoms with Crippen LogP contribution in [0, 0.1) is 6.92 Å². The van der Waals surface area contributed by atoms with Crippen LogP contribution in [0.2, 0.25) is 0 Å². The molecular formula is C20H21F2NO5. The van der Waals surface area contributed by atoms with Crippen LogP contribution in [0.15, 0.2) is 42.5 Å². The molecule has 2 rings (SSSR count). The Morgan fingerprint density at radius 2 is 1.75 bits per heavy atom. The van der Waals surface area contributed by atoms with Crippen LogP contribution >= 0.6 is 0 Å². The molecule has 0 aliphatic heterocycles. The molecule has 0 aliphatic carbocycles. The van der Waals surface area contributed by atoms with Gasteiger partial charge in [0.15, 0.2) is 17.6 Å². The molecule has 1 N–H and O–H groups in total. The monoisotopic (exact) mass is 393 g/mol. The zero-order valence-corrected chi connectivity index (χ0v) is 15.7. The van der Waals surface area contributed by atoms with Gasteiger partial charge in [0.05, 0.1) is 12.7 Å². The van der Waals surface area contributed by atoms with Gasteiger partial charge in [-0.1, -0.05) is 29.8 Å². The Morgan fingerprint density at radius 1 is 1.07 bits per heavy atom. The molecule has 0 radical (unpaired) electrons. The van der Waals surface area contributed by atoms with Crippen LogP contribution in [-0.2, 0) is 16.1 Å².